The lowest BCUT2D eigenvalue weighted by molar-refractivity contribution is 0.566. The Balaban J connectivity index is 1.76. The molecular weight excluding hydrogens is 410 g/mol. The number of benzene rings is 2. The van der Waals surface area contributed by atoms with Gasteiger partial charge in [-0.2, -0.15) is 5.10 Å². The maximum Gasteiger partial charge on any atom is 0.267 e. The molecule has 1 heterocycles. The molecule has 3 aromatic rings. The van der Waals surface area contributed by atoms with Crippen molar-refractivity contribution in [2.45, 2.75) is 56.9 Å². The van der Waals surface area contributed by atoms with E-state index in [1.165, 1.54) is 0 Å². The predicted molar refractivity (Wildman–Crippen MR) is 121 cm³/mol. The maximum absolute atomic E-state index is 13.3. The van der Waals surface area contributed by atoms with Gasteiger partial charge in [0.1, 0.15) is 0 Å². The van der Waals surface area contributed by atoms with Crippen molar-refractivity contribution in [3.8, 4) is 11.3 Å². The van der Waals surface area contributed by atoms with Crippen molar-refractivity contribution < 1.29 is 8.42 Å². The van der Waals surface area contributed by atoms with E-state index in [2.05, 4.69) is 14.9 Å². The van der Waals surface area contributed by atoms with E-state index in [1.54, 1.807) is 6.07 Å². The first-order valence-electron chi connectivity index (χ1n) is 10.7. The van der Waals surface area contributed by atoms with E-state index in [4.69, 9.17) is 0 Å². The highest BCUT2D eigenvalue weighted by atomic mass is 32.2. The Morgan fingerprint density at radius 3 is 2.48 bits per heavy atom. The fraction of sp³-hybridized carbons (Fsp3) is 0.333. The third-order valence-corrected chi connectivity index (χ3v) is 7.56. The largest absolute Gasteiger partial charge is 0.268 e. The number of H-pyrrole nitrogens is 1. The van der Waals surface area contributed by atoms with Crippen LogP contribution in [0.25, 0.3) is 11.3 Å². The van der Waals surface area contributed by atoms with Crippen LogP contribution in [-0.4, -0.2) is 18.6 Å². The quantitative estimate of drug-likeness (QED) is 0.611. The highest BCUT2D eigenvalue weighted by molar-refractivity contribution is 7.89. The molecule has 6 nitrogen and oxygen atoms in total. The van der Waals surface area contributed by atoms with E-state index < -0.39 is 10.0 Å². The first-order valence-corrected chi connectivity index (χ1v) is 12.2. The van der Waals surface area contributed by atoms with E-state index >= 15 is 0 Å². The second-order valence-corrected chi connectivity index (χ2v) is 9.68. The summed E-state index contributed by atoms with van der Waals surface area (Å²) in [6.45, 7) is 3.77. The van der Waals surface area contributed by atoms with Gasteiger partial charge in [0.05, 0.1) is 10.6 Å². The molecule has 7 heteroatoms. The molecule has 1 unspecified atom stereocenters. The van der Waals surface area contributed by atoms with Crippen molar-refractivity contribution in [1.82, 2.24) is 14.9 Å². The summed E-state index contributed by atoms with van der Waals surface area (Å²) < 4.78 is 29.5. The van der Waals surface area contributed by atoms with Gasteiger partial charge in [0.15, 0.2) is 0 Å². The Hall–Kier alpha value is -2.77. The maximum atomic E-state index is 13.3. The summed E-state index contributed by atoms with van der Waals surface area (Å²) in [7, 11) is -3.76. The van der Waals surface area contributed by atoms with Crippen LogP contribution in [0.3, 0.4) is 0 Å². The number of rotatable bonds is 6. The molecule has 162 valence electrons. The van der Waals surface area contributed by atoms with Crippen molar-refractivity contribution >= 4 is 10.0 Å². The molecule has 0 amide bonds. The average molecular weight is 438 g/mol. The summed E-state index contributed by atoms with van der Waals surface area (Å²) in [5, 5.41) is 6.89. The molecule has 0 saturated heterocycles. The zero-order valence-electron chi connectivity index (χ0n) is 17.8. The smallest absolute Gasteiger partial charge is 0.267 e. The minimum atomic E-state index is -3.76. The topological polar surface area (TPSA) is 91.9 Å². The normalized spacial score (nSPS) is 14.8. The summed E-state index contributed by atoms with van der Waals surface area (Å²) in [5.74, 6) is 0. The van der Waals surface area contributed by atoms with E-state index in [0.29, 0.717) is 17.7 Å². The SMILES string of the molecule is CCc1ccc(-c2n[nH]c(=O)c3c2CCCC3)cc1S(=O)(=O)NC(C)c1ccccc1. The standard InChI is InChI=1S/C24H27N3O3S/c1-3-17-13-14-19(23-20-11-7-8-12-21(20)24(28)26-25-23)15-22(17)31(29,30)27-16(2)18-9-5-4-6-10-18/h4-6,9-10,13-16,27H,3,7-8,11-12H2,1-2H3,(H,26,28). The van der Waals surface area contributed by atoms with Crippen LogP contribution in [0.15, 0.2) is 58.2 Å². The Labute approximate surface area is 182 Å². The molecule has 0 spiro atoms. The van der Waals surface area contributed by atoms with E-state index in [0.717, 1.165) is 47.9 Å². The number of nitrogens with one attached hydrogen (secondary N) is 2. The number of sulfonamides is 1. The lowest BCUT2D eigenvalue weighted by Crippen LogP contribution is -2.28. The van der Waals surface area contributed by atoms with Gasteiger partial charge < -0.3 is 0 Å². The second kappa shape index (κ2) is 8.77. The number of aromatic nitrogens is 2. The van der Waals surface area contributed by atoms with Gasteiger partial charge in [-0.1, -0.05) is 49.4 Å². The summed E-state index contributed by atoms with van der Waals surface area (Å²) in [6.07, 6.45) is 4.08. The summed E-state index contributed by atoms with van der Waals surface area (Å²) in [5.41, 5.74) is 4.59. The van der Waals surface area contributed by atoms with Crippen molar-refractivity contribution in [2.75, 3.05) is 0 Å². The van der Waals surface area contributed by atoms with Crippen LogP contribution in [0.2, 0.25) is 0 Å². The van der Waals surface area contributed by atoms with Crippen molar-refractivity contribution in [2.24, 2.45) is 0 Å². The van der Waals surface area contributed by atoms with Gasteiger partial charge in [-0.25, -0.2) is 18.2 Å². The first-order chi connectivity index (χ1) is 14.9. The van der Waals surface area contributed by atoms with Crippen LogP contribution < -0.4 is 10.3 Å². The molecule has 31 heavy (non-hydrogen) atoms. The van der Waals surface area contributed by atoms with Gasteiger partial charge in [0.2, 0.25) is 10.0 Å². The molecule has 2 N–H and O–H groups in total. The summed E-state index contributed by atoms with van der Waals surface area (Å²) in [4.78, 5) is 12.5. The van der Waals surface area contributed by atoms with Gasteiger partial charge in [-0.3, -0.25) is 4.79 Å². The zero-order valence-corrected chi connectivity index (χ0v) is 18.6. The number of fused-ring (bicyclic) bond motifs is 1. The van der Waals surface area contributed by atoms with Crippen LogP contribution in [0, 0.1) is 0 Å². The van der Waals surface area contributed by atoms with Crippen molar-refractivity contribution in [1.29, 1.82) is 0 Å². The van der Waals surface area contributed by atoms with E-state index in [-0.39, 0.29) is 16.5 Å². The van der Waals surface area contributed by atoms with Crippen LogP contribution >= 0.6 is 0 Å². The molecule has 0 bridgehead atoms. The highest BCUT2D eigenvalue weighted by Crippen LogP contribution is 2.31. The average Bonchev–Trinajstić information content (AvgIpc) is 2.79. The number of hydrogen-bond acceptors (Lipinski definition) is 4. The minimum Gasteiger partial charge on any atom is -0.268 e. The Bertz CT molecular complexity index is 1250. The van der Waals surface area contributed by atoms with Gasteiger partial charge in [-0.15, -0.1) is 0 Å². The van der Waals surface area contributed by atoms with Gasteiger partial charge in [-0.05, 0) is 61.8 Å². The molecule has 0 fully saturated rings. The molecule has 2 aromatic carbocycles. The van der Waals surface area contributed by atoms with Gasteiger partial charge in [0.25, 0.3) is 5.56 Å². The summed E-state index contributed by atoms with van der Waals surface area (Å²) in [6, 6.07) is 14.6. The fourth-order valence-electron chi connectivity index (χ4n) is 4.25. The Kier molecular flexibility index (Phi) is 6.07. The van der Waals surface area contributed by atoms with E-state index in [1.807, 2.05) is 56.3 Å². The van der Waals surface area contributed by atoms with Crippen LogP contribution in [0.4, 0.5) is 0 Å². The van der Waals surface area contributed by atoms with Crippen LogP contribution in [0.5, 0.6) is 0 Å². The number of aryl methyl sites for hydroxylation is 1. The molecule has 0 radical (unpaired) electrons. The minimum absolute atomic E-state index is 0.144. The zero-order chi connectivity index (χ0) is 22.0. The molecule has 1 aromatic heterocycles. The van der Waals surface area contributed by atoms with Crippen LogP contribution in [0.1, 0.15) is 55.0 Å². The third kappa shape index (κ3) is 4.34. The van der Waals surface area contributed by atoms with Crippen LogP contribution in [-0.2, 0) is 29.3 Å². The second-order valence-electron chi connectivity index (χ2n) is 8.00. The van der Waals surface area contributed by atoms with E-state index in [9.17, 15) is 13.2 Å². The number of hydrogen-bond donors (Lipinski definition) is 2. The Morgan fingerprint density at radius 2 is 1.77 bits per heavy atom. The van der Waals surface area contributed by atoms with Crippen molar-refractivity contribution in [3.05, 3.63) is 81.1 Å². The predicted octanol–water partition coefficient (Wildman–Crippen LogP) is 3.92. The number of aromatic amines is 1. The lowest BCUT2D eigenvalue weighted by atomic mass is 9.89. The van der Waals surface area contributed by atoms with Gasteiger partial charge >= 0.3 is 0 Å². The first kappa shape index (κ1) is 21.5. The lowest BCUT2D eigenvalue weighted by Gasteiger charge is -2.19. The molecule has 0 aliphatic heterocycles. The monoisotopic (exact) mass is 437 g/mol. The third-order valence-electron chi connectivity index (χ3n) is 5.94. The highest BCUT2D eigenvalue weighted by Gasteiger charge is 2.24. The Morgan fingerprint density at radius 1 is 1.06 bits per heavy atom. The molecule has 0 saturated carbocycles. The number of nitrogens with zero attached hydrogens (tertiary/aromatic N) is 1. The summed E-state index contributed by atoms with van der Waals surface area (Å²) >= 11 is 0. The molecular formula is C24H27N3O3S. The van der Waals surface area contributed by atoms with Gasteiger partial charge in [0, 0.05) is 17.2 Å². The fourth-order valence-corrected chi connectivity index (χ4v) is 5.82. The molecule has 1 aliphatic carbocycles. The van der Waals surface area contributed by atoms with Crippen molar-refractivity contribution in [3.63, 3.8) is 0 Å². The molecule has 1 aliphatic rings. The molecule has 1 atom stereocenters. The molecule has 4 rings (SSSR count).